The van der Waals surface area contributed by atoms with Crippen molar-refractivity contribution in [2.24, 2.45) is 0 Å². The fourth-order valence-corrected chi connectivity index (χ4v) is 3.43. The van der Waals surface area contributed by atoms with Crippen LogP contribution in [-0.4, -0.2) is 49.2 Å². The Morgan fingerprint density at radius 2 is 2.17 bits per heavy atom. The van der Waals surface area contributed by atoms with Gasteiger partial charge in [-0.25, -0.2) is 13.1 Å². The minimum atomic E-state index is -3.44. The molecule has 0 spiro atoms. The van der Waals surface area contributed by atoms with Gasteiger partial charge in [-0.1, -0.05) is 6.42 Å². The maximum atomic E-state index is 12.0. The van der Waals surface area contributed by atoms with E-state index in [9.17, 15) is 8.42 Å². The second-order valence-electron chi connectivity index (χ2n) is 4.82. The maximum absolute atomic E-state index is 12.0. The molecule has 1 atom stereocenters. The van der Waals surface area contributed by atoms with E-state index >= 15 is 0 Å². The van der Waals surface area contributed by atoms with E-state index in [-0.39, 0.29) is 10.9 Å². The molecule has 18 heavy (non-hydrogen) atoms. The minimum Gasteiger partial charge on any atom is -0.302 e. The fourth-order valence-electron chi connectivity index (χ4n) is 2.29. The van der Waals surface area contributed by atoms with Crippen LogP contribution < -0.4 is 4.72 Å². The molecular weight excluding hydrogens is 252 g/mol. The Balaban J connectivity index is 1.88. The fraction of sp³-hybridized carbons (Fsp3) is 0.727. The van der Waals surface area contributed by atoms with Crippen LogP contribution in [0.15, 0.2) is 17.3 Å². The van der Waals surface area contributed by atoms with Gasteiger partial charge in [0.2, 0.25) is 10.0 Å². The van der Waals surface area contributed by atoms with Gasteiger partial charge in [-0.15, -0.1) is 0 Å². The standard InChI is InChI=1S/C11H20N4O2S/c1-10(9-15-5-3-2-4-6-15)14-18(16,17)11-7-12-13-8-11/h7-8,10,14H,2-6,9H2,1H3,(H,12,13). The van der Waals surface area contributed by atoms with Crippen LogP contribution in [0.5, 0.6) is 0 Å². The van der Waals surface area contributed by atoms with Gasteiger partial charge in [0.15, 0.2) is 0 Å². The number of hydrogen-bond donors (Lipinski definition) is 2. The van der Waals surface area contributed by atoms with Crippen LogP contribution in [0.4, 0.5) is 0 Å². The van der Waals surface area contributed by atoms with E-state index in [2.05, 4.69) is 19.8 Å². The van der Waals surface area contributed by atoms with Gasteiger partial charge >= 0.3 is 0 Å². The lowest BCUT2D eigenvalue weighted by Crippen LogP contribution is -2.43. The number of likely N-dealkylation sites (tertiary alicyclic amines) is 1. The first kappa shape index (κ1) is 13.5. The molecule has 1 fully saturated rings. The number of H-pyrrole nitrogens is 1. The molecule has 0 bridgehead atoms. The third-order valence-electron chi connectivity index (χ3n) is 3.12. The van der Waals surface area contributed by atoms with Crippen LogP contribution in [0.25, 0.3) is 0 Å². The second-order valence-corrected chi connectivity index (χ2v) is 6.53. The number of rotatable bonds is 5. The highest BCUT2D eigenvalue weighted by molar-refractivity contribution is 7.89. The van der Waals surface area contributed by atoms with Gasteiger partial charge in [-0.05, 0) is 32.9 Å². The van der Waals surface area contributed by atoms with Crippen molar-refractivity contribution in [3.8, 4) is 0 Å². The SMILES string of the molecule is CC(CN1CCCCC1)NS(=O)(=O)c1cn[nH]c1. The first-order valence-corrected chi connectivity index (χ1v) is 7.80. The van der Waals surface area contributed by atoms with Gasteiger partial charge in [-0.3, -0.25) is 5.10 Å². The largest absolute Gasteiger partial charge is 0.302 e. The summed E-state index contributed by atoms with van der Waals surface area (Å²) in [7, 11) is -3.44. The van der Waals surface area contributed by atoms with Crippen molar-refractivity contribution in [1.29, 1.82) is 0 Å². The Bertz CT molecular complexity index is 451. The van der Waals surface area contributed by atoms with E-state index in [4.69, 9.17) is 0 Å². The van der Waals surface area contributed by atoms with Crippen LogP contribution in [0.3, 0.4) is 0 Å². The quantitative estimate of drug-likeness (QED) is 0.821. The van der Waals surface area contributed by atoms with Gasteiger partial charge in [-0.2, -0.15) is 5.10 Å². The average Bonchev–Trinajstić information content (AvgIpc) is 2.83. The van der Waals surface area contributed by atoms with Crippen molar-refractivity contribution < 1.29 is 8.42 Å². The minimum absolute atomic E-state index is 0.0944. The normalized spacial score (nSPS) is 19.8. The van der Waals surface area contributed by atoms with Crippen LogP contribution >= 0.6 is 0 Å². The van der Waals surface area contributed by atoms with Gasteiger partial charge in [0.1, 0.15) is 4.90 Å². The molecule has 6 nitrogen and oxygen atoms in total. The predicted molar refractivity (Wildman–Crippen MR) is 68.7 cm³/mol. The van der Waals surface area contributed by atoms with Crippen molar-refractivity contribution in [3.63, 3.8) is 0 Å². The molecule has 2 N–H and O–H groups in total. The lowest BCUT2D eigenvalue weighted by molar-refractivity contribution is 0.215. The molecule has 0 radical (unpaired) electrons. The molecule has 7 heteroatoms. The summed E-state index contributed by atoms with van der Waals surface area (Å²) in [5.41, 5.74) is 0. The molecule has 2 heterocycles. The molecule has 1 saturated heterocycles. The molecule has 102 valence electrons. The number of nitrogens with one attached hydrogen (secondary N) is 2. The summed E-state index contributed by atoms with van der Waals surface area (Å²) >= 11 is 0. The van der Waals surface area contributed by atoms with Gasteiger partial charge in [0, 0.05) is 18.8 Å². The van der Waals surface area contributed by atoms with Gasteiger partial charge in [0.05, 0.1) is 6.20 Å². The Hall–Kier alpha value is -0.920. The zero-order chi connectivity index (χ0) is 13.0. The molecule has 0 amide bonds. The first-order valence-electron chi connectivity index (χ1n) is 6.31. The lowest BCUT2D eigenvalue weighted by Gasteiger charge is -2.29. The zero-order valence-corrected chi connectivity index (χ0v) is 11.4. The van der Waals surface area contributed by atoms with Crippen molar-refractivity contribution in [2.45, 2.75) is 37.1 Å². The van der Waals surface area contributed by atoms with Crippen molar-refractivity contribution in [3.05, 3.63) is 12.4 Å². The summed E-state index contributed by atoms with van der Waals surface area (Å²) in [5, 5.41) is 6.17. The Morgan fingerprint density at radius 1 is 1.44 bits per heavy atom. The number of sulfonamides is 1. The van der Waals surface area contributed by atoms with E-state index in [1.54, 1.807) is 0 Å². The monoisotopic (exact) mass is 272 g/mol. The molecule has 2 rings (SSSR count). The molecule has 0 aliphatic carbocycles. The number of nitrogens with zero attached hydrogens (tertiary/aromatic N) is 2. The molecule has 1 aromatic heterocycles. The number of hydrogen-bond acceptors (Lipinski definition) is 4. The first-order chi connectivity index (χ1) is 8.58. The summed E-state index contributed by atoms with van der Waals surface area (Å²) < 4.78 is 26.6. The van der Waals surface area contributed by atoms with E-state index < -0.39 is 10.0 Å². The third kappa shape index (κ3) is 3.54. The number of piperidine rings is 1. The molecular formula is C11H20N4O2S. The van der Waals surface area contributed by atoms with Gasteiger partial charge < -0.3 is 4.90 Å². The Labute approximate surface area is 108 Å². The van der Waals surface area contributed by atoms with Crippen molar-refractivity contribution in [2.75, 3.05) is 19.6 Å². The van der Waals surface area contributed by atoms with E-state index in [0.29, 0.717) is 0 Å². The summed E-state index contributed by atoms with van der Waals surface area (Å²) in [5.74, 6) is 0. The topological polar surface area (TPSA) is 78.1 Å². The smallest absolute Gasteiger partial charge is 0.243 e. The van der Waals surface area contributed by atoms with Crippen molar-refractivity contribution >= 4 is 10.0 Å². The highest BCUT2D eigenvalue weighted by atomic mass is 32.2. The Kier molecular flexibility index (Phi) is 4.36. The number of aromatic nitrogens is 2. The molecule has 1 aliphatic heterocycles. The van der Waals surface area contributed by atoms with Crippen LogP contribution in [0.2, 0.25) is 0 Å². The molecule has 1 unspecified atom stereocenters. The summed E-state index contributed by atoms with van der Waals surface area (Å²) in [4.78, 5) is 2.50. The molecule has 1 aliphatic rings. The highest BCUT2D eigenvalue weighted by Crippen LogP contribution is 2.10. The van der Waals surface area contributed by atoms with Crippen LogP contribution in [-0.2, 0) is 10.0 Å². The van der Waals surface area contributed by atoms with Crippen molar-refractivity contribution in [1.82, 2.24) is 19.8 Å². The van der Waals surface area contributed by atoms with Crippen LogP contribution in [0.1, 0.15) is 26.2 Å². The molecule has 0 aromatic carbocycles. The highest BCUT2D eigenvalue weighted by Gasteiger charge is 2.20. The zero-order valence-electron chi connectivity index (χ0n) is 10.6. The predicted octanol–water partition coefficient (Wildman–Crippen LogP) is 0.562. The lowest BCUT2D eigenvalue weighted by atomic mass is 10.1. The summed E-state index contributed by atoms with van der Waals surface area (Å²) in [6.07, 6.45) is 6.40. The van der Waals surface area contributed by atoms with Gasteiger partial charge in [0.25, 0.3) is 0 Å². The summed E-state index contributed by atoms with van der Waals surface area (Å²) in [6, 6.07) is -0.0944. The maximum Gasteiger partial charge on any atom is 0.243 e. The van der Waals surface area contributed by atoms with E-state index in [0.717, 1.165) is 19.6 Å². The third-order valence-corrected chi connectivity index (χ3v) is 4.68. The average molecular weight is 272 g/mol. The Morgan fingerprint density at radius 3 is 2.78 bits per heavy atom. The van der Waals surface area contributed by atoms with E-state index in [1.165, 1.54) is 31.7 Å². The molecule has 0 saturated carbocycles. The van der Waals surface area contributed by atoms with Crippen LogP contribution in [0, 0.1) is 0 Å². The summed E-state index contributed by atoms with van der Waals surface area (Å²) in [6.45, 7) is 4.79. The van der Waals surface area contributed by atoms with E-state index in [1.807, 2.05) is 6.92 Å². The number of aromatic amines is 1. The molecule has 1 aromatic rings. The second kappa shape index (κ2) is 5.81.